The molecule has 0 aliphatic carbocycles. The van der Waals surface area contributed by atoms with E-state index < -0.39 is 0 Å². The second-order valence-electron chi connectivity index (χ2n) is 5.50. The van der Waals surface area contributed by atoms with Gasteiger partial charge < -0.3 is 5.32 Å². The highest BCUT2D eigenvalue weighted by molar-refractivity contribution is 14.1. The van der Waals surface area contributed by atoms with Gasteiger partial charge in [0.15, 0.2) is 0 Å². The number of nitrogens with zero attached hydrogens (tertiary/aromatic N) is 1. The standard InChI is InChI=1S/C18H15IN2O3/c19-14-3-1-2-4-15(14)20-18(24)13-7-5-12(6-8-13)11-21-16(22)9-10-17(21)23/h1-8H,9-11H2,(H,20,24). The molecular formula is C18H15IN2O3. The topological polar surface area (TPSA) is 66.5 Å². The first-order chi connectivity index (χ1) is 11.5. The molecule has 1 N–H and O–H groups in total. The maximum Gasteiger partial charge on any atom is 0.255 e. The Morgan fingerprint density at radius 1 is 1.00 bits per heavy atom. The molecule has 0 aromatic heterocycles. The van der Waals surface area contributed by atoms with Crippen LogP contribution >= 0.6 is 22.6 Å². The van der Waals surface area contributed by atoms with Crippen LogP contribution < -0.4 is 5.32 Å². The van der Waals surface area contributed by atoms with Gasteiger partial charge in [0.1, 0.15) is 0 Å². The lowest BCUT2D eigenvalue weighted by atomic mass is 10.1. The highest BCUT2D eigenvalue weighted by Gasteiger charge is 2.28. The number of rotatable bonds is 4. The van der Waals surface area contributed by atoms with E-state index in [9.17, 15) is 14.4 Å². The summed E-state index contributed by atoms with van der Waals surface area (Å²) in [6, 6.07) is 14.5. The monoisotopic (exact) mass is 434 g/mol. The number of likely N-dealkylation sites (tertiary alicyclic amines) is 1. The van der Waals surface area contributed by atoms with Crippen LogP contribution in [-0.4, -0.2) is 22.6 Å². The van der Waals surface area contributed by atoms with Crippen LogP contribution in [0, 0.1) is 3.57 Å². The quantitative estimate of drug-likeness (QED) is 0.594. The van der Waals surface area contributed by atoms with Gasteiger partial charge in [-0.1, -0.05) is 24.3 Å². The number of carbonyl (C=O) groups is 3. The molecule has 122 valence electrons. The Morgan fingerprint density at radius 2 is 1.62 bits per heavy atom. The third-order valence-corrected chi connectivity index (χ3v) is 4.77. The van der Waals surface area contributed by atoms with Crippen molar-refractivity contribution in [3.63, 3.8) is 0 Å². The van der Waals surface area contributed by atoms with Crippen molar-refractivity contribution in [1.82, 2.24) is 4.90 Å². The molecule has 1 fully saturated rings. The lowest BCUT2D eigenvalue weighted by molar-refractivity contribution is -0.139. The lowest BCUT2D eigenvalue weighted by Gasteiger charge is -2.14. The molecule has 1 aliphatic heterocycles. The van der Waals surface area contributed by atoms with Crippen LogP contribution in [0.1, 0.15) is 28.8 Å². The number of carbonyl (C=O) groups excluding carboxylic acids is 3. The summed E-state index contributed by atoms with van der Waals surface area (Å²) in [5, 5.41) is 2.87. The number of para-hydroxylation sites is 1. The van der Waals surface area contributed by atoms with Crippen molar-refractivity contribution >= 4 is 46.0 Å². The van der Waals surface area contributed by atoms with Gasteiger partial charge in [-0.15, -0.1) is 0 Å². The summed E-state index contributed by atoms with van der Waals surface area (Å²) in [4.78, 5) is 36.8. The average molecular weight is 434 g/mol. The third kappa shape index (κ3) is 3.64. The molecule has 0 bridgehead atoms. The summed E-state index contributed by atoms with van der Waals surface area (Å²) in [6.07, 6.45) is 0.573. The zero-order valence-electron chi connectivity index (χ0n) is 12.8. The summed E-state index contributed by atoms with van der Waals surface area (Å²) >= 11 is 2.17. The number of halogens is 1. The van der Waals surface area contributed by atoms with Crippen molar-refractivity contribution in [3.05, 3.63) is 63.2 Å². The van der Waals surface area contributed by atoms with Gasteiger partial charge in [0.05, 0.1) is 12.2 Å². The van der Waals surface area contributed by atoms with E-state index in [4.69, 9.17) is 0 Å². The number of imide groups is 1. The Bertz CT molecular complexity index is 786. The van der Waals surface area contributed by atoms with E-state index in [0.29, 0.717) is 5.56 Å². The molecule has 6 heteroatoms. The fraction of sp³-hybridized carbons (Fsp3) is 0.167. The van der Waals surface area contributed by atoms with Crippen LogP contribution in [-0.2, 0) is 16.1 Å². The minimum Gasteiger partial charge on any atom is -0.321 e. The predicted octanol–water partition coefficient (Wildman–Crippen LogP) is 3.19. The van der Waals surface area contributed by atoms with E-state index in [2.05, 4.69) is 27.9 Å². The normalized spacial score (nSPS) is 14.1. The van der Waals surface area contributed by atoms with Crippen molar-refractivity contribution < 1.29 is 14.4 Å². The van der Waals surface area contributed by atoms with Crippen LogP contribution in [0.4, 0.5) is 5.69 Å². The first-order valence-electron chi connectivity index (χ1n) is 7.52. The summed E-state index contributed by atoms with van der Waals surface area (Å²) in [7, 11) is 0. The number of hydrogen-bond donors (Lipinski definition) is 1. The minimum absolute atomic E-state index is 0.138. The highest BCUT2D eigenvalue weighted by Crippen LogP contribution is 2.19. The Morgan fingerprint density at radius 3 is 2.25 bits per heavy atom. The van der Waals surface area contributed by atoms with E-state index in [0.717, 1.165) is 14.8 Å². The second kappa shape index (κ2) is 7.12. The van der Waals surface area contributed by atoms with Crippen molar-refractivity contribution in [2.24, 2.45) is 0 Å². The Labute approximate surface area is 153 Å². The SMILES string of the molecule is O=C(Nc1ccccc1I)c1ccc(CN2C(=O)CCC2=O)cc1. The molecule has 24 heavy (non-hydrogen) atoms. The first-order valence-corrected chi connectivity index (χ1v) is 8.60. The molecule has 1 heterocycles. The van der Waals surface area contributed by atoms with Gasteiger partial charge >= 0.3 is 0 Å². The van der Waals surface area contributed by atoms with Gasteiger partial charge in [0, 0.05) is 22.0 Å². The molecule has 2 aromatic carbocycles. The van der Waals surface area contributed by atoms with Crippen LogP contribution in [0.2, 0.25) is 0 Å². The Kier molecular flexibility index (Phi) is 4.94. The van der Waals surface area contributed by atoms with E-state index in [1.807, 2.05) is 24.3 Å². The third-order valence-electron chi connectivity index (χ3n) is 3.83. The number of anilines is 1. The smallest absolute Gasteiger partial charge is 0.255 e. The van der Waals surface area contributed by atoms with Crippen LogP contribution in [0.15, 0.2) is 48.5 Å². The molecular weight excluding hydrogens is 419 g/mol. The zero-order chi connectivity index (χ0) is 17.1. The fourth-order valence-electron chi connectivity index (χ4n) is 2.50. The van der Waals surface area contributed by atoms with Crippen molar-refractivity contribution in [3.8, 4) is 0 Å². The van der Waals surface area contributed by atoms with Gasteiger partial charge in [-0.2, -0.15) is 0 Å². The molecule has 0 spiro atoms. The van der Waals surface area contributed by atoms with Gasteiger partial charge in [-0.05, 0) is 52.4 Å². The lowest BCUT2D eigenvalue weighted by Crippen LogP contribution is -2.28. The van der Waals surface area contributed by atoms with Crippen LogP contribution in [0.3, 0.4) is 0 Å². The molecule has 3 rings (SSSR count). The van der Waals surface area contributed by atoms with Gasteiger partial charge in [-0.25, -0.2) is 0 Å². The van der Waals surface area contributed by atoms with Gasteiger partial charge in [0.25, 0.3) is 5.91 Å². The minimum atomic E-state index is -0.195. The molecule has 0 unspecified atom stereocenters. The molecule has 0 atom stereocenters. The van der Waals surface area contributed by atoms with Crippen LogP contribution in [0.25, 0.3) is 0 Å². The fourth-order valence-corrected chi connectivity index (χ4v) is 3.02. The molecule has 1 saturated heterocycles. The molecule has 2 aromatic rings. The van der Waals surface area contributed by atoms with E-state index in [-0.39, 0.29) is 37.1 Å². The molecule has 0 radical (unpaired) electrons. The molecule has 0 saturated carbocycles. The summed E-state index contributed by atoms with van der Waals surface area (Å²) in [5.41, 5.74) is 2.11. The summed E-state index contributed by atoms with van der Waals surface area (Å²) in [6.45, 7) is 0.260. The van der Waals surface area contributed by atoms with Crippen molar-refractivity contribution in [1.29, 1.82) is 0 Å². The van der Waals surface area contributed by atoms with Gasteiger partial charge in [-0.3, -0.25) is 19.3 Å². The predicted molar refractivity (Wildman–Crippen MR) is 98.3 cm³/mol. The van der Waals surface area contributed by atoms with Crippen molar-refractivity contribution in [2.45, 2.75) is 19.4 Å². The molecule has 1 aliphatic rings. The average Bonchev–Trinajstić information content (AvgIpc) is 2.89. The number of hydrogen-bond acceptors (Lipinski definition) is 3. The Hall–Kier alpha value is -2.22. The van der Waals surface area contributed by atoms with E-state index in [1.54, 1.807) is 24.3 Å². The number of nitrogens with one attached hydrogen (secondary N) is 1. The van der Waals surface area contributed by atoms with E-state index >= 15 is 0 Å². The largest absolute Gasteiger partial charge is 0.321 e. The summed E-state index contributed by atoms with van der Waals surface area (Å²) in [5.74, 6) is -0.472. The van der Waals surface area contributed by atoms with Crippen molar-refractivity contribution in [2.75, 3.05) is 5.32 Å². The van der Waals surface area contributed by atoms with E-state index in [1.165, 1.54) is 4.90 Å². The molecule has 5 nitrogen and oxygen atoms in total. The summed E-state index contributed by atoms with van der Waals surface area (Å²) < 4.78 is 0.964. The number of amides is 3. The molecule has 3 amide bonds. The first kappa shape index (κ1) is 16.6. The zero-order valence-corrected chi connectivity index (χ0v) is 14.9. The maximum atomic E-state index is 12.3. The van der Waals surface area contributed by atoms with Gasteiger partial charge in [0.2, 0.25) is 11.8 Å². The van der Waals surface area contributed by atoms with Crippen LogP contribution in [0.5, 0.6) is 0 Å². The Balaban J connectivity index is 1.68. The second-order valence-corrected chi connectivity index (χ2v) is 6.67. The number of benzene rings is 2. The highest BCUT2D eigenvalue weighted by atomic mass is 127. The maximum absolute atomic E-state index is 12.3.